The molecule has 96 valence electrons. The number of para-hydroxylation sites is 1. The standard InChI is InChI=1S/C14H19N3O/c15-14(7-3-4-8-14)11-5-1-2-6-12(11)17-10-9-16-13(17)18/h1-2,5-6H,3-4,7-10,15H2,(H,16,18). The molecule has 0 spiro atoms. The van der Waals surface area contributed by atoms with Gasteiger partial charge in [-0.25, -0.2) is 4.79 Å². The summed E-state index contributed by atoms with van der Waals surface area (Å²) < 4.78 is 0. The largest absolute Gasteiger partial charge is 0.336 e. The van der Waals surface area contributed by atoms with E-state index < -0.39 is 0 Å². The normalized spacial score (nSPS) is 22.3. The van der Waals surface area contributed by atoms with Gasteiger partial charge in [-0.15, -0.1) is 0 Å². The monoisotopic (exact) mass is 245 g/mol. The van der Waals surface area contributed by atoms with Gasteiger partial charge in [-0.3, -0.25) is 4.90 Å². The second kappa shape index (κ2) is 4.28. The number of anilines is 1. The molecule has 1 saturated carbocycles. The lowest BCUT2D eigenvalue weighted by Crippen LogP contribution is -2.37. The molecule has 3 N–H and O–H groups in total. The van der Waals surface area contributed by atoms with Gasteiger partial charge >= 0.3 is 6.03 Å². The number of carbonyl (C=O) groups is 1. The average Bonchev–Trinajstić information content (AvgIpc) is 2.99. The zero-order valence-corrected chi connectivity index (χ0v) is 10.5. The molecule has 0 atom stereocenters. The van der Waals surface area contributed by atoms with Crippen LogP contribution in [-0.2, 0) is 5.54 Å². The molecule has 1 heterocycles. The van der Waals surface area contributed by atoms with E-state index in [9.17, 15) is 4.79 Å². The molecule has 0 bridgehead atoms. The Morgan fingerprint density at radius 2 is 1.94 bits per heavy atom. The van der Waals surface area contributed by atoms with Crippen molar-refractivity contribution < 1.29 is 4.79 Å². The number of benzene rings is 1. The minimum atomic E-state index is -0.251. The van der Waals surface area contributed by atoms with Crippen molar-refractivity contribution in [3.05, 3.63) is 29.8 Å². The Morgan fingerprint density at radius 1 is 1.22 bits per heavy atom. The minimum absolute atomic E-state index is 0.0101. The molecule has 4 nitrogen and oxygen atoms in total. The van der Waals surface area contributed by atoms with E-state index in [1.54, 1.807) is 0 Å². The van der Waals surface area contributed by atoms with Crippen LogP contribution >= 0.6 is 0 Å². The predicted molar refractivity (Wildman–Crippen MR) is 71.5 cm³/mol. The van der Waals surface area contributed by atoms with Gasteiger partial charge in [0, 0.05) is 18.6 Å². The molecule has 3 rings (SSSR count). The molecule has 1 aromatic rings. The van der Waals surface area contributed by atoms with E-state index in [4.69, 9.17) is 5.73 Å². The van der Waals surface area contributed by atoms with Crippen LogP contribution in [-0.4, -0.2) is 19.1 Å². The Kier molecular flexibility index (Phi) is 2.74. The van der Waals surface area contributed by atoms with Crippen LogP contribution in [0.15, 0.2) is 24.3 Å². The lowest BCUT2D eigenvalue weighted by molar-refractivity contribution is 0.252. The SMILES string of the molecule is NC1(c2ccccc2N2CCNC2=O)CCCC1. The number of nitrogens with zero attached hydrogens (tertiary/aromatic N) is 1. The molecule has 2 aliphatic rings. The molecule has 1 aliphatic heterocycles. The molecule has 18 heavy (non-hydrogen) atoms. The summed E-state index contributed by atoms with van der Waals surface area (Å²) in [5.74, 6) is 0. The van der Waals surface area contributed by atoms with E-state index in [1.165, 1.54) is 12.8 Å². The van der Waals surface area contributed by atoms with Crippen molar-refractivity contribution in [2.45, 2.75) is 31.2 Å². The van der Waals surface area contributed by atoms with Gasteiger partial charge in [-0.2, -0.15) is 0 Å². The van der Waals surface area contributed by atoms with E-state index >= 15 is 0 Å². The zero-order valence-electron chi connectivity index (χ0n) is 10.5. The van der Waals surface area contributed by atoms with Crippen LogP contribution in [0.25, 0.3) is 0 Å². The van der Waals surface area contributed by atoms with Crippen LogP contribution < -0.4 is 16.0 Å². The third-order valence-electron chi connectivity index (χ3n) is 4.08. The summed E-state index contributed by atoms with van der Waals surface area (Å²) in [4.78, 5) is 13.6. The van der Waals surface area contributed by atoms with Gasteiger partial charge in [0.15, 0.2) is 0 Å². The fraction of sp³-hybridized carbons (Fsp3) is 0.500. The minimum Gasteiger partial charge on any atom is -0.336 e. The molecule has 2 fully saturated rings. The van der Waals surface area contributed by atoms with E-state index in [0.717, 1.165) is 30.6 Å². The topological polar surface area (TPSA) is 58.4 Å². The summed E-state index contributed by atoms with van der Waals surface area (Å²) in [6, 6.07) is 8.06. The van der Waals surface area contributed by atoms with Gasteiger partial charge < -0.3 is 11.1 Å². The summed E-state index contributed by atoms with van der Waals surface area (Å²) in [5, 5.41) is 2.84. The van der Waals surface area contributed by atoms with E-state index in [2.05, 4.69) is 11.4 Å². The Bertz CT molecular complexity index is 466. The number of nitrogens with two attached hydrogens (primary N) is 1. The van der Waals surface area contributed by atoms with Crippen molar-refractivity contribution in [1.82, 2.24) is 5.32 Å². The van der Waals surface area contributed by atoms with Crippen molar-refractivity contribution in [3.8, 4) is 0 Å². The van der Waals surface area contributed by atoms with E-state index in [0.29, 0.717) is 6.54 Å². The highest BCUT2D eigenvalue weighted by atomic mass is 16.2. The third kappa shape index (κ3) is 1.77. The third-order valence-corrected chi connectivity index (χ3v) is 4.08. The molecule has 1 aliphatic carbocycles. The lowest BCUT2D eigenvalue weighted by Gasteiger charge is -2.29. The number of rotatable bonds is 2. The molecule has 0 unspecified atom stereocenters. The second-order valence-corrected chi connectivity index (χ2v) is 5.26. The van der Waals surface area contributed by atoms with Crippen molar-refractivity contribution in [2.24, 2.45) is 5.73 Å². The number of urea groups is 1. The molecule has 0 aromatic heterocycles. The fourth-order valence-corrected chi connectivity index (χ4v) is 3.11. The maximum atomic E-state index is 11.8. The summed E-state index contributed by atoms with van der Waals surface area (Å²) in [5.41, 5.74) is 8.39. The highest BCUT2D eigenvalue weighted by Crippen LogP contribution is 2.40. The van der Waals surface area contributed by atoms with Gasteiger partial charge in [-0.1, -0.05) is 31.0 Å². The van der Waals surface area contributed by atoms with E-state index in [1.807, 2.05) is 23.1 Å². The number of amides is 2. The maximum Gasteiger partial charge on any atom is 0.322 e. The zero-order chi connectivity index (χ0) is 12.6. The summed E-state index contributed by atoms with van der Waals surface area (Å²) in [6.07, 6.45) is 4.38. The van der Waals surface area contributed by atoms with Crippen LogP contribution in [0.1, 0.15) is 31.2 Å². The molecule has 1 saturated heterocycles. The summed E-state index contributed by atoms with van der Waals surface area (Å²) in [6.45, 7) is 1.44. The van der Waals surface area contributed by atoms with Gasteiger partial charge in [0.05, 0.1) is 5.69 Å². The Hall–Kier alpha value is -1.55. The van der Waals surface area contributed by atoms with Crippen LogP contribution in [0.5, 0.6) is 0 Å². The average molecular weight is 245 g/mol. The van der Waals surface area contributed by atoms with Crippen molar-refractivity contribution in [1.29, 1.82) is 0 Å². The molecule has 0 radical (unpaired) electrons. The first-order valence-electron chi connectivity index (χ1n) is 6.64. The maximum absolute atomic E-state index is 11.8. The first kappa shape index (κ1) is 11.5. The number of nitrogens with one attached hydrogen (secondary N) is 1. The quantitative estimate of drug-likeness (QED) is 0.836. The van der Waals surface area contributed by atoms with Crippen molar-refractivity contribution in [2.75, 3.05) is 18.0 Å². The highest BCUT2D eigenvalue weighted by molar-refractivity contribution is 5.95. The van der Waals surface area contributed by atoms with Gasteiger partial charge in [0.1, 0.15) is 0 Å². The first-order valence-corrected chi connectivity index (χ1v) is 6.64. The van der Waals surface area contributed by atoms with Crippen LogP contribution in [0.2, 0.25) is 0 Å². The predicted octanol–water partition coefficient (Wildman–Crippen LogP) is 1.94. The first-order chi connectivity index (χ1) is 8.71. The molecule has 1 aromatic carbocycles. The number of hydrogen-bond donors (Lipinski definition) is 2. The van der Waals surface area contributed by atoms with Gasteiger partial charge in [0.25, 0.3) is 0 Å². The molecular formula is C14H19N3O. The summed E-state index contributed by atoms with van der Waals surface area (Å²) >= 11 is 0. The second-order valence-electron chi connectivity index (χ2n) is 5.26. The van der Waals surface area contributed by atoms with Crippen LogP contribution in [0, 0.1) is 0 Å². The Labute approximate surface area is 107 Å². The van der Waals surface area contributed by atoms with E-state index in [-0.39, 0.29) is 11.6 Å². The fourth-order valence-electron chi connectivity index (χ4n) is 3.11. The van der Waals surface area contributed by atoms with Gasteiger partial charge in [0.2, 0.25) is 0 Å². The summed E-state index contributed by atoms with van der Waals surface area (Å²) in [7, 11) is 0. The van der Waals surface area contributed by atoms with Crippen molar-refractivity contribution >= 4 is 11.7 Å². The Morgan fingerprint density at radius 3 is 2.61 bits per heavy atom. The lowest BCUT2D eigenvalue weighted by atomic mass is 9.88. The molecule has 2 amide bonds. The van der Waals surface area contributed by atoms with Crippen molar-refractivity contribution in [3.63, 3.8) is 0 Å². The van der Waals surface area contributed by atoms with Crippen LogP contribution in [0.4, 0.5) is 10.5 Å². The van der Waals surface area contributed by atoms with Crippen LogP contribution in [0.3, 0.4) is 0 Å². The number of carbonyl (C=O) groups excluding carboxylic acids is 1. The molecule has 4 heteroatoms. The number of hydrogen-bond acceptors (Lipinski definition) is 2. The van der Waals surface area contributed by atoms with Gasteiger partial charge in [-0.05, 0) is 24.5 Å². The Balaban J connectivity index is 2.02. The smallest absolute Gasteiger partial charge is 0.322 e. The molecular weight excluding hydrogens is 226 g/mol. The highest BCUT2D eigenvalue weighted by Gasteiger charge is 2.35.